The van der Waals surface area contributed by atoms with Crippen LogP contribution < -0.4 is 10.1 Å². The van der Waals surface area contributed by atoms with Crippen molar-refractivity contribution in [2.24, 2.45) is 0 Å². The van der Waals surface area contributed by atoms with Gasteiger partial charge in [0.25, 0.3) is 0 Å². The molecule has 1 aromatic rings. The van der Waals surface area contributed by atoms with E-state index in [0.29, 0.717) is 13.0 Å². The minimum atomic E-state index is 0.0717. The molecule has 0 bridgehead atoms. The number of likely N-dealkylation sites (tertiary alicyclic amines) is 1. The largest absolute Gasteiger partial charge is 0.493 e. The van der Waals surface area contributed by atoms with Gasteiger partial charge in [-0.25, -0.2) is 0 Å². The molecule has 150 valence electrons. The molecule has 2 fully saturated rings. The summed E-state index contributed by atoms with van der Waals surface area (Å²) in [5.74, 6) is 0.945. The van der Waals surface area contributed by atoms with Crippen molar-refractivity contribution in [3.63, 3.8) is 0 Å². The Morgan fingerprint density at radius 2 is 1.93 bits per heavy atom. The van der Waals surface area contributed by atoms with Crippen molar-refractivity contribution in [3.8, 4) is 5.75 Å². The van der Waals surface area contributed by atoms with Crippen LogP contribution in [-0.2, 0) is 9.53 Å². The number of rotatable bonds is 7. The van der Waals surface area contributed by atoms with E-state index >= 15 is 0 Å². The highest BCUT2D eigenvalue weighted by atomic mass is 16.5. The normalized spacial score (nSPS) is 20.2. The number of carbonyl (C=O) groups is 1. The fourth-order valence-corrected chi connectivity index (χ4v) is 4.21. The van der Waals surface area contributed by atoms with Crippen LogP contribution in [0.2, 0.25) is 0 Å². The van der Waals surface area contributed by atoms with Crippen LogP contribution >= 0.6 is 0 Å². The smallest absolute Gasteiger partial charge is 0.223 e. The zero-order valence-electron chi connectivity index (χ0n) is 16.9. The number of aryl methyl sites for hydroxylation is 1. The van der Waals surface area contributed by atoms with Crippen LogP contribution in [0.15, 0.2) is 18.2 Å². The van der Waals surface area contributed by atoms with Crippen LogP contribution in [0.25, 0.3) is 0 Å². The average molecular weight is 375 g/mol. The lowest BCUT2D eigenvalue weighted by molar-refractivity contribution is -0.123. The Balaban J connectivity index is 1.48. The molecule has 1 amide bonds. The van der Waals surface area contributed by atoms with Crippen LogP contribution in [0, 0.1) is 13.8 Å². The van der Waals surface area contributed by atoms with Crippen molar-refractivity contribution in [1.29, 1.82) is 0 Å². The fraction of sp³-hybridized carbons (Fsp3) is 0.682. The van der Waals surface area contributed by atoms with Gasteiger partial charge < -0.3 is 14.8 Å². The van der Waals surface area contributed by atoms with Crippen LogP contribution in [0.4, 0.5) is 0 Å². The Hall–Kier alpha value is -1.59. The van der Waals surface area contributed by atoms with E-state index in [-0.39, 0.29) is 11.4 Å². The quantitative estimate of drug-likeness (QED) is 0.796. The zero-order chi connectivity index (χ0) is 19.1. The molecule has 5 nitrogen and oxygen atoms in total. The highest BCUT2D eigenvalue weighted by Crippen LogP contribution is 2.30. The summed E-state index contributed by atoms with van der Waals surface area (Å²) < 4.78 is 11.4. The molecule has 27 heavy (non-hydrogen) atoms. The molecule has 0 unspecified atom stereocenters. The molecule has 0 aromatic heterocycles. The molecular formula is C22H34N2O3. The van der Waals surface area contributed by atoms with Gasteiger partial charge in [0, 0.05) is 25.3 Å². The van der Waals surface area contributed by atoms with E-state index in [0.717, 1.165) is 57.0 Å². The second kappa shape index (κ2) is 9.56. The van der Waals surface area contributed by atoms with E-state index in [2.05, 4.69) is 30.1 Å². The number of carbonyl (C=O) groups excluding carboxylic acids is 1. The lowest BCUT2D eigenvalue weighted by atomic mass is 9.86. The molecule has 2 saturated heterocycles. The molecule has 2 aliphatic heterocycles. The first kappa shape index (κ1) is 20.2. The summed E-state index contributed by atoms with van der Waals surface area (Å²) >= 11 is 0. The van der Waals surface area contributed by atoms with Crippen LogP contribution in [0.3, 0.4) is 0 Å². The van der Waals surface area contributed by atoms with Crippen LogP contribution in [0.5, 0.6) is 5.75 Å². The highest BCUT2D eigenvalue weighted by molar-refractivity contribution is 5.76. The van der Waals surface area contributed by atoms with Gasteiger partial charge in [-0.2, -0.15) is 0 Å². The van der Waals surface area contributed by atoms with E-state index in [1.165, 1.54) is 24.8 Å². The maximum Gasteiger partial charge on any atom is 0.223 e. The monoisotopic (exact) mass is 374 g/mol. The summed E-state index contributed by atoms with van der Waals surface area (Å²) in [6, 6.07) is 6.03. The van der Waals surface area contributed by atoms with Gasteiger partial charge in [0.1, 0.15) is 5.75 Å². The molecule has 1 aromatic carbocycles. The third-order valence-corrected chi connectivity index (χ3v) is 6.21. The summed E-state index contributed by atoms with van der Waals surface area (Å²) in [7, 11) is 0. The zero-order valence-corrected chi connectivity index (χ0v) is 16.9. The molecule has 1 N–H and O–H groups in total. The summed E-state index contributed by atoms with van der Waals surface area (Å²) in [5, 5.41) is 3.19. The van der Waals surface area contributed by atoms with E-state index in [9.17, 15) is 4.79 Å². The van der Waals surface area contributed by atoms with Gasteiger partial charge in [-0.1, -0.05) is 18.6 Å². The fourth-order valence-electron chi connectivity index (χ4n) is 4.21. The highest BCUT2D eigenvalue weighted by Gasteiger charge is 2.39. The Morgan fingerprint density at radius 3 is 2.67 bits per heavy atom. The minimum absolute atomic E-state index is 0.0717. The molecule has 0 aliphatic carbocycles. The van der Waals surface area contributed by atoms with Crippen LogP contribution in [-0.4, -0.2) is 55.8 Å². The van der Waals surface area contributed by atoms with Crippen molar-refractivity contribution in [3.05, 3.63) is 29.3 Å². The van der Waals surface area contributed by atoms with Crippen molar-refractivity contribution in [1.82, 2.24) is 10.2 Å². The molecule has 0 radical (unpaired) electrons. The second-order valence-electron chi connectivity index (χ2n) is 7.96. The van der Waals surface area contributed by atoms with Gasteiger partial charge in [0.2, 0.25) is 5.91 Å². The SMILES string of the molecule is Cc1cccc(OCCC(=O)NCC2(N3CCCCC3)CCOCC2)c1C. The van der Waals surface area contributed by atoms with E-state index < -0.39 is 0 Å². The number of piperidine rings is 1. The van der Waals surface area contributed by atoms with Crippen LogP contribution in [0.1, 0.15) is 49.7 Å². The molecule has 3 rings (SSSR count). The third-order valence-electron chi connectivity index (χ3n) is 6.21. The van der Waals surface area contributed by atoms with E-state index in [4.69, 9.17) is 9.47 Å². The maximum absolute atomic E-state index is 12.4. The number of ether oxygens (including phenoxy) is 2. The second-order valence-corrected chi connectivity index (χ2v) is 7.96. The van der Waals surface area contributed by atoms with Gasteiger partial charge in [-0.05, 0) is 69.8 Å². The summed E-state index contributed by atoms with van der Waals surface area (Å²) in [6.07, 6.45) is 6.25. The number of amides is 1. The van der Waals surface area contributed by atoms with Gasteiger partial charge in [-0.3, -0.25) is 9.69 Å². The Kier molecular flexibility index (Phi) is 7.13. The van der Waals surface area contributed by atoms with Gasteiger partial charge in [0.15, 0.2) is 0 Å². The summed E-state index contributed by atoms with van der Waals surface area (Å²) in [5.41, 5.74) is 2.42. The number of benzene rings is 1. The number of hydrogen-bond acceptors (Lipinski definition) is 4. The molecule has 2 aliphatic rings. The molecule has 0 saturated carbocycles. The van der Waals surface area contributed by atoms with Crippen molar-refractivity contribution < 1.29 is 14.3 Å². The Bertz CT molecular complexity index is 620. The maximum atomic E-state index is 12.4. The summed E-state index contributed by atoms with van der Waals surface area (Å²) in [4.78, 5) is 15.0. The Labute approximate surface area is 163 Å². The van der Waals surface area contributed by atoms with Crippen molar-refractivity contribution in [2.45, 2.75) is 57.9 Å². The number of nitrogens with zero attached hydrogens (tertiary/aromatic N) is 1. The average Bonchev–Trinajstić information content (AvgIpc) is 2.71. The first-order valence-corrected chi connectivity index (χ1v) is 10.4. The minimum Gasteiger partial charge on any atom is -0.493 e. The van der Waals surface area contributed by atoms with Crippen molar-refractivity contribution in [2.75, 3.05) is 39.5 Å². The predicted molar refractivity (Wildman–Crippen MR) is 107 cm³/mol. The first-order valence-electron chi connectivity index (χ1n) is 10.4. The molecule has 0 spiro atoms. The standard InChI is InChI=1S/C22H34N2O3/c1-18-7-6-8-20(19(18)2)27-14-9-21(25)23-17-22(10-15-26-16-11-22)24-12-4-3-5-13-24/h6-8H,3-5,9-17H2,1-2H3,(H,23,25). The van der Waals surface area contributed by atoms with Gasteiger partial charge >= 0.3 is 0 Å². The lowest BCUT2D eigenvalue weighted by Gasteiger charge is -2.48. The Morgan fingerprint density at radius 1 is 1.19 bits per heavy atom. The third kappa shape index (κ3) is 5.23. The molecule has 0 atom stereocenters. The van der Waals surface area contributed by atoms with Gasteiger partial charge in [0.05, 0.1) is 13.0 Å². The molecular weight excluding hydrogens is 340 g/mol. The topological polar surface area (TPSA) is 50.8 Å². The lowest BCUT2D eigenvalue weighted by Crippen LogP contribution is -2.59. The molecule has 5 heteroatoms. The number of nitrogens with one attached hydrogen (secondary N) is 1. The van der Waals surface area contributed by atoms with E-state index in [1.807, 2.05) is 12.1 Å². The summed E-state index contributed by atoms with van der Waals surface area (Å²) in [6.45, 7) is 9.14. The van der Waals surface area contributed by atoms with E-state index in [1.54, 1.807) is 0 Å². The predicted octanol–water partition coefficient (Wildman–Crippen LogP) is 3.22. The first-order chi connectivity index (χ1) is 13.1. The molecule has 2 heterocycles. The van der Waals surface area contributed by atoms with Crippen molar-refractivity contribution >= 4 is 5.91 Å². The number of hydrogen-bond donors (Lipinski definition) is 1. The van der Waals surface area contributed by atoms with Gasteiger partial charge in [-0.15, -0.1) is 0 Å².